The maximum Gasteiger partial charge on any atom is 0.360 e. The number of aryl methyl sites for hydroxylation is 1. The zero-order valence-electron chi connectivity index (χ0n) is 11.5. The number of ether oxygens (including phenoxy) is 1. The van der Waals surface area contributed by atoms with E-state index in [9.17, 15) is 14.0 Å². The molecule has 0 aliphatic carbocycles. The van der Waals surface area contributed by atoms with Gasteiger partial charge >= 0.3 is 5.97 Å². The Balaban J connectivity index is 2.66. The molecule has 2 rings (SSSR count). The van der Waals surface area contributed by atoms with Crippen molar-refractivity contribution in [3.8, 4) is 11.4 Å². The van der Waals surface area contributed by atoms with Crippen molar-refractivity contribution in [2.24, 2.45) is 0 Å². The number of carboxylic acid groups (broad SMARTS) is 1. The predicted molar refractivity (Wildman–Crippen MR) is 72.7 cm³/mol. The highest BCUT2D eigenvalue weighted by molar-refractivity contribution is 5.85. The van der Waals surface area contributed by atoms with Crippen molar-refractivity contribution in [1.29, 1.82) is 0 Å². The summed E-state index contributed by atoms with van der Waals surface area (Å²) < 4.78 is 19.5. The highest BCUT2D eigenvalue weighted by atomic mass is 19.1. The third-order valence-electron chi connectivity index (χ3n) is 2.98. The summed E-state index contributed by atoms with van der Waals surface area (Å²) in [6.07, 6.45) is 1.79. The molecule has 110 valence electrons. The Labute approximate surface area is 119 Å². The number of carbonyl (C=O) groups is 1. The van der Waals surface area contributed by atoms with Gasteiger partial charge in [0.25, 0.3) is 0 Å². The fourth-order valence-electron chi connectivity index (χ4n) is 1.86. The average Bonchev–Trinajstić information content (AvgIpc) is 2.47. The zero-order valence-corrected chi connectivity index (χ0v) is 11.5. The first-order valence-corrected chi connectivity index (χ1v) is 6.18. The number of rotatable bonds is 4. The van der Waals surface area contributed by atoms with Crippen LogP contribution >= 0.6 is 0 Å². The van der Waals surface area contributed by atoms with E-state index in [0.29, 0.717) is 17.7 Å². The van der Waals surface area contributed by atoms with Gasteiger partial charge in [0.2, 0.25) is 11.1 Å². The van der Waals surface area contributed by atoms with Gasteiger partial charge in [0, 0.05) is 17.8 Å². The summed E-state index contributed by atoms with van der Waals surface area (Å²) in [5.41, 5.74) is -0.482. The Kier molecular flexibility index (Phi) is 4.02. The van der Waals surface area contributed by atoms with Crippen LogP contribution < -0.4 is 10.2 Å². The van der Waals surface area contributed by atoms with Crippen LogP contribution in [0.2, 0.25) is 0 Å². The van der Waals surface area contributed by atoms with Gasteiger partial charge in [-0.25, -0.2) is 13.9 Å². The van der Waals surface area contributed by atoms with Crippen LogP contribution in [0.1, 0.15) is 23.0 Å². The van der Waals surface area contributed by atoms with E-state index in [1.165, 1.54) is 36.2 Å². The van der Waals surface area contributed by atoms with Gasteiger partial charge in [-0.1, -0.05) is 6.92 Å². The molecule has 0 radical (unpaired) electrons. The fraction of sp³-hybridized carbons (Fsp3) is 0.214. The molecule has 6 nitrogen and oxygen atoms in total. The average molecular weight is 292 g/mol. The van der Waals surface area contributed by atoms with Gasteiger partial charge in [-0.15, -0.1) is 0 Å². The Morgan fingerprint density at radius 1 is 1.48 bits per heavy atom. The number of methoxy groups -OCH3 is 1. The minimum absolute atomic E-state index is 0.00271. The van der Waals surface area contributed by atoms with E-state index in [1.54, 1.807) is 6.92 Å². The fourth-order valence-corrected chi connectivity index (χ4v) is 1.86. The molecule has 0 aliphatic rings. The van der Waals surface area contributed by atoms with E-state index in [2.05, 4.69) is 5.10 Å². The molecule has 21 heavy (non-hydrogen) atoms. The SMILES string of the molecule is CCc1cn(-c2ccc(F)c(OC)c2)nc(C(=O)O)c1=O. The highest BCUT2D eigenvalue weighted by Gasteiger charge is 2.16. The molecule has 0 aliphatic heterocycles. The molecule has 0 saturated carbocycles. The van der Waals surface area contributed by atoms with Crippen LogP contribution in [0.4, 0.5) is 4.39 Å². The third kappa shape index (κ3) is 2.76. The summed E-state index contributed by atoms with van der Waals surface area (Å²) in [5.74, 6) is -1.95. The topological polar surface area (TPSA) is 81.4 Å². The van der Waals surface area contributed by atoms with Gasteiger partial charge in [0.05, 0.1) is 12.8 Å². The summed E-state index contributed by atoms with van der Waals surface area (Å²) >= 11 is 0. The third-order valence-corrected chi connectivity index (χ3v) is 2.98. The number of nitrogens with zero attached hydrogens (tertiary/aromatic N) is 2. The van der Waals surface area contributed by atoms with Crippen molar-refractivity contribution in [3.63, 3.8) is 0 Å². The maximum absolute atomic E-state index is 13.4. The Bertz CT molecular complexity index is 755. The van der Waals surface area contributed by atoms with E-state index in [1.807, 2.05) is 0 Å². The summed E-state index contributed by atoms with van der Waals surface area (Å²) in [6, 6.07) is 3.97. The van der Waals surface area contributed by atoms with Crippen LogP contribution in [0.5, 0.6) is 5.75 Å². The minimum Gasteiger partial charge on any atom is -0.494 e. The standard InChI is InChI=1S/C14H13FN2O4/c1-3-8-7-17(16-12(13(8)18)14(19)20)9-4-5-10(15)11(6-9)21-2/h4-7H,3H2,1-2H3,(H,19,20). The van der Waals surface area contributed by atoms with Crippen molar-refractivity contribution in [1.82, 2.24) is 9.78 Å². The molecular formula is C14H13FN2O4. The van der Waals surface area contributed by atoms with Crippen LogP contribution in [0.25, 0.3) is 5.69 Å². The molecular weight excluding hydrogens is 279 g/mol. The first-order valence-electron chi connectivity index (χ1n) is 6.18. The lowest BCUT2D eigenvalue weighted by atomic mass is 10.2. The quantitative estimate of drug-likeness (QED) is 0.926. The van der Waals surface area contributed by atoms with Gasteiger partial charge in [-0.05, 0) is 18.6 Å². The van der Waals surface area contributed by atoms with Crippen molar-refractivity contribution in [3.05, 3.63) is 51.7 Å². The van der Waals surface area contributed by atoms with Crippen molar-refractivity contribution < 1.29 is 19.0 Å². The number of aromatic carboxylic acids is 1. The van der Waals surface area contributed by atoms with Gasteiger partial charge in [0.15, 0.2) is 11.6 Å². The predicted octanol–water partition coefficient (Wildman–Crippen LogP) is 1.64. The van der Waals surface area contributed by atoms with Crippen molar-refractivity contribution in [2.75, 3.05) is 7.11 Å². The van der Waals surface area contributed by atoms with Gasteiger partial charge < -0.3 is 9.84 Å². The van der Waals surface area contributed by atoms with E-state index in [4.69, 9.17) is 9.84 Å². The monoisotopic (exact) mass is 292 g/mol. The van der Waals surface area contributed by atoms with Crippen LogP contribution in [0, 0.1) is 5.82 Å². The first-order chi connectivity index (χ1) is 9.97. The molecule has 0 amide bonds. The molecule has 0 bridgehead atoms. The molecule has 1 heterocycles. The highest BCUT2D eigenvalue weighted by Crippen LogP contribution is 2.20. The Morgan fingerprint density at radius 2 is 2.19 bits per heavy atom. The second kappa shape index (κ2) is 5.74. The summed E-state index contributed by atoms with van der Waals surface area (Å²) in [6.45, 7) is 1.73. The number of aromatic nitrogens is 2. The largest absolute Gasteiger partial charge is 0.494 e. The second-order valence-electron chi connectivity index (χ2n) is 4.25. The number of carboxylic acids is 1. The molecule has 0 atom stereocenters. The normalized spacial score (nSPS) is 10.4. The van der Waals surface area contributed by atoms with E-state index >= 15 is 0 Å². The Morgan fingerprint density at radius 3 is 2.76 bits per heavy atom. The van der Waals surface area contributed by atoms with Crippen LogP contribution in [0.3, 0.4) is 0 Å². The van der Waals surface area contributed by atoms with E-state index in [-0.39, 0.29) is 5.75 Å². The molecule has 1 aromatic carbocycles. The summed E-state index contributed by atoms with van der Waals surface area (Å²) in [7, 11) is 1.32. The minimum atomic E-state index is -1.40. The lowest BCUT2D eigenvalue weighted by Gasteiger charge is -2.10. The van der Waals surface area contributed by atoms with Crippen LogP contribution in [-0.4, -0.2) is 28.0 Å². The maximum atomic E-state index is 13.4. The molecule has 2 aromatic rings. The van der Waals surface area contributed by atoms with Crippen LogP contribution in [-0.2, 0) is 6.42 Å². The van der Waals surface area contributed by atoms with E-state index < -0.39 is 22.9 Å². The smallest absolute Gasteiger partial charge is 0.360 e. The van der Waals surface area contributed by atoms with Gasteiger partial charge in [0.1, 0.15) is 0 Å². The lowest BCUT2D eigenvalue weighted by Crippen LogP contribution is -2.24. The number of halogens is 1. The number of hydrogen-bond acceptors (Lipinski definition) is 4. The summed E-state index contributed by atoms with van der Waals surface area (Å²) in [4.78, 5) is 23.0. The van der Waals surface area contributed by atoms with Crippen LogP contribution in [0.15, 0.2) is 29.2 Å². The molecule has 0 spiro atoms. The number of benzene rings is 1. The molecule has 0 saturated heterocycles. The van der Waals surface area contributed by atoms with Gasteiger partial charge in [-0.2, -0.15) is 5.10 Å². The summed E-state index contributed by atoms with van der Waals surface area (Å²) in [5, 5.41) is 12.8. The first kappa shape index (κ1) is 14.7. The van der Waals surface area contributed by atoms with Gasteiger partial charge in [-0.3, -0.25) is 4.79 Å². The number of hydrogen-bond donors (Lipinski definition) is 1. The lowest BCUT2D eigenvalue weighted by molar-refractivity contribution is 0.0686. The zero-order chi connectivity index (χ0) is 15.6. The molecule has 7 heteroatoms. The second-order valence-corrected chi connectivity index (χ2v) is 4.25. The Hall–Kier alpha value is -2.70. The molecule has 1 N–H and O–H groups in total. The van der Waals surface area contributed by atoms with Crippen molar-refractivity contribution in [2.45, 2.75) is 13.3 Å². The molecule has 1 aromatic heterocycles. The molecule has 0 unspecified atom stereocenters. The van der Waals surface area contributed by atoms with Crippen molar-refractivity contribution >= 4 is 5.97 Å². The van der Waals surface area contributed by atoms with E-state index in [0.717, 1.165) is 0 Å². The molecule has 0 fully saturated rings.